The minimum absolute atomic E-state index is 0.650. The summed E-state index contributed by atoms with van der Waals surface area (Å²) in [6.07, 6.45) is 7.92. The Labute approximate surface area is 98.3 Å². The summed E-state index contributed by atoms with van der Waals surface area (Å²) >= 11 is 0. The topological polar surface area (TPSA) is 21.3 Å². The Morgan fingerprint density at radius 1 is 1.31 bits per heavy atom. The van der Waals surface area contributed by atoms with Crippen molar-refractivity contribution in [2.75, 3.05) is 19.0 Å². The highest BCUT2D eigenvalue weighted by molar-refractivity contribution is 5.47. The molecule has 1 aromatic rings. The minimum atomic E-state index is 0.650. The van der Waals surface area contributed by atoms with Gasteiger partial charge in [-0.05, 0) is 18.6 Å². The van der Waals surface area contributed by atoms with E-state index in [9.17, 15) is 0 Å². The third-order valence-corrected chi connectivity index (χ3v) is 2.36. The predicted octanol–water partition coefficient (Wildman–Crippen LogP) is 3.85. The minimum Gasteiger partial charge on any atom is -0.489 e. The van der Waals surface area contributed by atoms with Crippen LogP contribution in [0.25, 0.3) is 0 Å². The molecule has 0 aliphatic carbocycles. The fraction of sp³-hybridized carbons (Fsp3) is 0.429. The van der Waals surface area contributed by atoms with Crippen molar-refractivity contribution in [3.63, 3.8) is 0 Å². The van der Waals surface area contributed by atoms with Gasteiger partial charge in [-0.15, -0.1) is 0 Å². The van der Waals surface area contributed by atoms with E-state index in [2.05, 4.69) is 24.4 Å². The van der Waals surface area contributed by atoms with Crippen molar-refractivity contribution in [3.8, 4) is 5.75 Å². The third-order valence-electron chi connectivity index (χ3n) is 2.36. The Morgan fingerprint density at radius 2 is 2.19 bits per heavy atom. The monoisotopic (exact) mass is 219 g/mol. The zero-order chi connectivity index (χ0) is 11.6. The van der Waals surface area contributed by atoms with Crippen LogP contribution in [-0.4, -0.2) is 13.7 Å². The van der Waals surface area contributed by atoms with Gasteiger partial charge in [-0.3, -0.25) is 0 Å². The highest BCUT2D eigenvalue weighted by Crippen LogP contribution is 2.16. The van der Waals surface area contributed by atoms with E-state index in [1.807, 2.05) is 31.3 Å². The summed E-state index contributed by atoms with van der Waals surface area (Å²) in [5, 5.41) is 3.09. The van der Waals surface area contributed by atoms with Gasteiger partial charge in [0.05, 0.1) is 0 Å². The van der Waals surface area contributed by atoms with Crippen LogP contribution in [0.4, 0.5) is 5.69 Å². The second-order valence-electron chi connectivity index (χ2n) is 3.70. The molecule has 0 aromatic heterocycles. The number of benzene rings is 1. The first kappa shape index (κ1) is 12.6. The number of rotatable bonds is 7. The van der Waals surface area contributed by atoms with E-state index in [4.69, 9.17) is 4.74 Å². The average Bonchev–Trinajstić information content (AvgIpc) is 2.34. The molecule has 16 heavy (non-hydrogen) atoms. The van der Waals surface area contributed by atoms with Crippen molar-refractivity contribution in [1.29, 1.82) is 0 Å². The molecular weight excluding hydrogens is 198 g/mol. The van der Waals surface area contributed by atoms with Crippen molar-refractivity contribution in [2.24, 2.45) is 0 Å². The van der Waals surface area contributed by atoms with Crippen LogP contribution in [0.2, 0.25) is 0 Å². The molecule has 0 bridgehead atoms. The molecule has 0 saturated heterocycles. The van der Waals surface area contributed by atoms with E-state index in [1.165, 1.54) is 12.8 Å². The second-order valence-corrected chi connectivity index (χ2v) is 3.70. The molecule has 1 rings (SSSR count). The van der Waals surface area contributed by atoms with Gasteiger partial charge in [0.25, 0.3) is 0 Å². The van der Waals surface area contributed by atoms with E-state index in [0.29, 0.717) is 6.61 Å². The molecule has 88 valence electrons. The smallest absolute Gasteiger partial charge is 0.121 e. The molecule has 2 heteroatoms. The van der Waals surface area contributed by atoms with Crippen LogP contribution < -0.4 is 10.1 Å². The van der Waals surface area contributed by atoms with Crippen LogP contribution >= 0.6 is 0 Å². The standard InChI is InChI=1S/C14H21NO/c1-3-4-5-6-7-11-16-14-10-8-9-13(12-14)15-2/h6-10,12,15H,3-5,11H2,1-2H3. The quantitative estimate of drug-likeness (QED) is 0.555. The summed E-state index contributed by atoms with van der Waals surface area (Å²) in [6.45, 7) is 2.85. The van der Waals surface area contributed by atoms with Gasteiger partial charge in [0.1, 0.15) is 12.4 Å². The third kappa shape index (κ3) is 4.87. The Morgan fingerprint density at radius 3 is 2.94 bits per heavy atom. The number of allylic oxidation sites excluding steroid dienone is 1. The zero-order valence-electron chi connectivity index (χ0n) is 10.2. The van der Waals surface area contributed by atoms with E-state index < -0.39 is 0 Å². The summed E-state index contributed by atoms with van der Waals surface area (Å²) < 4.78 is 5.60. The van der Waals surface area contributed by atoms with Crippen molar-refractivity contribution in [2.45, 2.75) is 26.2 Å². The average molecular weight is 219 g/mol. The normalized spacial score (nSPS) is 10.6. The molecule has 0 saturated carbocycles. The van der Waals surface area contributed by atoms with Crippen molar-refractivity contribution in [3.05, 3.63) is 36.4 Å². The van der Waals surface area contributed by atoms with Crippen LogP contribution in [0.3, 0.4) is 0 Å². The molecule has 0 heterocycles. The van der Waals surface area contributed by atoms with Gasteiger partial charge < -0.3 is 10.1 Å². The molecule has 0 spiro atoms. The van der Waals surface area contributed by atoms with Gasteiger partial charge in [0.2, 0.25) is 0 Å². The van der Waals surface area contributed by atoms with Crippen molar-refractivity contribution in [1.82, 2.24) is 0 Å². The summed E-state index contributed by atoms with van der Waals surface area (Å²) in [6, 6.07) is 7.98. The Bertz CT molecular complexity index is 320. The number of ether oxygens (including phenoxy) is 1. The summed E-state index contributed by atoms with van der Waals surface area (Å²) in [5.41, 5.74) is 1.08. The van der Waals surface area contributed by atoms with Crippen LogP contribution in [0, 0.1) is 0 Å². The number of anilines is 1. The maximum absolute atomic E-state index is 5.60. The molecule has 0 unspecified atom stereocenters. The van der Waals surface area contributed by atoms with Gasteiger partial charge >= 0.3 is 0 Å². The summed E-state index contributed by atoms with van der Waals surface area (Å²) in [5.74, 6) is 0.909. The number of nitrogens with one attached hydrogen (secondary N) is 1. The molecule has 1 N–H and O–H groups in total. The number of hydrogen-bond acceptors (Lipinski definition) is 2. The zero-order valence-corrected chi connectivity index (χ0v) is 10.2. The summed E-state index contributed by atoms with van der Waals surface area (Å²) in [7, 11) is 1.91. The van der Waals surface area contributed by atoms with Crippen LogP contribution in [0.5, 0.6) is 5.75 Å². The van der Waals surface area contributed by atoms with Gasteiger partial charge in [-0.25, -0.2) is 0 Å². The van der Waals surface area contributed by atoms with Gasteiger partial charge in [-0.1, -0.05) is 38.0 Å². The molecular formula is C14H21NO. The lowest BCUT2D eigenvalue weighted by Gasteiger charge is -2.05. The molecule has 0 radical (unpaired) electrons. The highest BCUT2D eigenvalue weighted by Gasteiger charge is 1.92. The maximum Gasteiger partial charge on any atom is 0.121 e. The molecule has 0 amide bonds. The molecule has 0 atom stereocenters. The number of unbranched alkanes of at least 4 members (excludes halogenated alkanes) is 2. The van der Waals surface area contributed by atoms with Crippen LogP contribution in [0.15, 0.2) is 36.4 Å². The van der Waals surface area contributed by atoms with E-state index in [-0.39, 0.29) is 0 Å². The SMILES string of the molecule is CCCCC=CCOc1cccc(NC)c1. The van der Waals surface area contributed by atoms with E-state index in [0.717, 1.165) is 17.9 Å². The van der Waals surface area contributed by atoms with Gasteiger partial charge in [-0.2, -0.15) is 0 Å². The van der Waals surface area contributed by atoms with E-state index in [1.54, 1.807) is 0 Å². The number of hydrogen-bond donors (Lipinski definition) is 1. The second kappa shape index (κ2) is 7.80. The highest BCUT2D eigenvalue weighted by atomic mass is 16.5. The van der Waals surface area contributed by atoms with E-state index >= 15 is 0 Å². The molecule has 2 nitrogen and oxygen atoms in total. The van der Waals surface area contributed by atoms with Crippen LogP contribution in [-0.2, 0) is 0 Å². The first-order valence-electron chi connectivity index (χ1n) is 5.92. The fourth-order valence-corrected chi connectivity index (χ4v) is 1.39. The van der Waals surface area contributed by atoms with Crippen molar-refractivity contribution >= 4 is 5.69 Å². The van der Waals surface area contributed by atoms with Gasteiger partial charge in [0, 0.05) is 18.8 Å². The lowest BCUT2D eigenvalue weighted by atomic mass is 10.2. The largest absolute Gasteiger partial charge is 0.489 e. The first-order valence-corrected chi connectivity index (χ1v) is 5.92. The van der Waals surface area contributed by atoms with Crippen LogP contribution in [0.1, 0.15) is 26.2 Å². The lowest BCUT2D eigenvalue weighted by molar-refractivity contribution is 0.362. The summed E-state index contributed by atoms with van der Waals surface area (Å²) in [4.78, 5) is 0. The maximum atomic E-state index is 5.60. The van der Waals surface area contributed by atoms with Crippen molar-refractivity contribution < 1.29 is 4.74 Å². The molecule has 0 fully saturated rings. The molecule has 0 aliphatic heterocycles. The lowest BCUT2D eigenvalue weighted by Crippen LogP contribution is -1.94. The first-order chi connectivity index (χ1) is 7.86. The Hall–Kier alpha value is -1.44. The Balaban J connectivity index is 2.28. The van der Waals surface area contributed by atoms with Gasteiger partial charge in [0.15, 0.2) is 0 Å². The Kier molecular flexibility index (Phi) is 6.16. The predicted molar refractivity (Wildman–Crippen MR) is 70.1 cm³/mol. The molecule has 1 aromatic carbocycles. The fourth-order valence-electron chi connectivity index (χ4n) is 1.39. The molecule has 0 aliphatic rings.